The minimum atomic E-state index is 0. The molecule has 0 aliphatic rings. The maximum Gasteiger partial charge on any atom is 0.244 e. The minimum Gasteiger partial charge on any atom is -1.00 e. The lowest BCUT2D eigenvalue weighted by Gasteiger charge is -1.99. The molecule has 0 aliphatic heterocycles. The minimum absolute atomic E-state index is 0. The second-order valence-corrected chi connectivity index (χ2v) is 3.50. The lowest BCUT2D eigenvalue weighted by Crippen LogP contribution is -3.00. The number of imidazole rings is 1. The molecule has 0 amide bonds. The van der Waals surface area contributed by atoms with Gasteiger partial charge in [0.1, 0.15) is 12.4 Å². The first-order chi connectivity index (χ1) is 5.11. The zero-order chi connectivity index (χ0) is 8.43. The molecule has 3 heteroatoms. The molecule has 12 heavy (non-hydrogen) atoms. The first-order valence-corrected chi connectivity index (χ1v) is 4.19. The second kappa shape index (κ2) is 4.51. The van der Waals surface area contributed by atoms with E-state index in [-0.39, 0.29) is 12.4 Å². The Hall–Kier alpha value is -0.500. The summed E-state index contributed by atoms with van der Waals surface area (Å²) < 4.78 is 4.42. The van der Waals surface area contributed by atoms with Crippen molar-refractivity contribution in [2.24, 2.45) is 0 Å². The van der Waals surface area contributed by atoms with Gasteiger partial charge in [-0.15, -0.1) is 0 Å². The lowest BCUT2D eigenvalue weighted by molar-refractivity contribution is -0.715. The first-order valence-electron chi connectivity index (χ1n) is 4.19. The molecule has 0 aromatic carbocycles. The summed E-state index contributed by atoms with van der Waals surface area (Å²) in [6.45, 7) is 8.74. The molecule has 0 atom stereocenters. The third-order valence-electron chi connectivity index (χ3n) is 1.87. The summed E-state index contributed by atoms with van der Waals surface area (Å²) in [5.74, 6) is 0. The van der Waals surface area contributed by atoms with E-state index in [9.17, 15) is 0 Å². The van der Waals surface area contributed by atoms with E-state index in [1.165, 1.54) is 0 Å². The van der Waals surface area contributed by atoms with E-state index >= 15 is 0 Å². The standard InChI is InChI=1S/C9H17N2.ClH/c1-8(2)10-5-6-11(7-10)9(3)4;/h5-9H,1-4H3;1H/q+1;/p-1. The lowest BCUT2D eigenvalue weighted by atomic mass is 10.4. The van der Waals surface area contributed by atoms with Gasteiger partial charge in [-0.3, -0.25) is 0 Å². The van der Waals surface area contributed by atoms with Crippen LogP contribution in [0.25, 0.3) is 0 Å². The van der Waals surface area contributed by atoms with Crippen LogP contribution in [0.15, 0.2) is 18.7 Å². The van der Waals surface area contributed by atoms with Gasteiger partial charge in [0.15, 0.2) is 0 Å². The van der Waals surface area contributed by atoms with Crippen LogP contribution in [0.5, 0.6) is 0 Å². The number of hydrogen-bond acceptors (Lipinski definition) is 0. The molecule has 0 saturated heterocycles. The molecule has 1 aromatic rings. The molecule has 2 nitrogen and oxygen atoms in total. The van der Waals surface area contributed by atoms with Gasteiger partial charge >= 0.3 is 0 Å². The fraction of sp³-hybridized carbons (Fsp3) is 0.667. The van der Waals surface area contributed by atoms with Gasteiger partial charge in [0.05, 0.1) is 12.1 Å². The highest BCUT2D eigenvalue weighted by atomic mass is 35.5. The summed E-state index contributed by atoms with van der Waals surface area (Å²) in [6, 6.07) is 1.13. The van der Waals surface area contributed by atoms with Gasteiger partial charge in [0.25, 0.3) is 0 Å². The maximum absolute atomic E-state index is 2.21. The highest BCUT2D eigenvalue weighted by Crippen LogP contribution is 2.01. The van der Waals surface area contributed by atoms with Crippen molar-refractivity contribution in [1.29, 1.82) is 0 Å². The van der Waals surface area contributed by atoms with E-state index in [1.54, 1.807) is 0 Å². The van der Waals surface area contributed by atoms with Crippen molar-refractivity contribution in [3.05, 3.63) is 18.7 Å². The molecule has 1 aromatic heterocycles. The van der Waals surface area contributed by atoms with Crippen molar-refractivity contribution in [2.45, 2.75) is 39.8 Å². The Balaban J connectivity index is 0.00000121. The van der Waals surface area contributed by atoms with E-state index < -0.39 is 0 Å². The number of nitrogens with zero attached hydrogens (tertiary/aromatic N) is 2. The number of rotatable bonds is 2. The average molecular weight is 189 g/mol. The maximum atomic E-state index is 2.21. The van der Waals surface area contributed by atoms with Crippen LogP contribution in [0, 0.1) is 0 Å². The predicted molar refractivity (Wildman–Crippen MR) is 45.4 cm³/mol. The van der Waals surface area contributed by atoms with Crippen LogP contribution >= 0.6 is 0 Å². The van der Waals surface area contributed by atoms with Crippen molar-refractivity contribution in [2.75, 3.05) is 0 Å². The van der Waals surface area contributed by atoms with E-state index in [2.05, 4.69) is 55.6 Å². The van der Waals surface area contributed by atoms with Gasteiger partial charge in [0.2, 0.25) is 6.33 Å². The van der Waals surface area contributed by atoms with Crippen LogP contribution < -0.4 is 17.0 Å². The van der Waals surface area contributed by atoms with Crippen LogP contribution in [-0.4, -0.2) is 4.57 Å². The second-order valence-electron chi connectivity index (χ2n) is 3.50. The Bertz CT molecular complexity index is 206. The Morgan fingerprint density at radius 2 is 1.75 bits per heavy atom. The zero-order valence-electron chi connectivity index (χ0n) is 8.16. The fourth-order valence-corrected chi connectivity index (χ4v) is 0.996. The Kier molecular flexibility index (Phi) is 4.32. The summed E-state index contributed by atoms with van der Waals surface area (Å²) in [7, 11) is 0. The number of aromatic nitrogens is 2. The van der Waals surface area contributed by atoms with Crippen LogP contribution in [0.2, 0.25) is 0 Å². The average Bonchev–Trinajstić information content (AvgIpc) is 2.33. The summed E-state index contributed by atoms with van der Waals surface area (Å²) >= 11 is 0. The molecule has 0 bridgehead atoms. The molecule has 0 fully saturated rings. The summed E-state index contributed by atoms with van der Waals surface area (Å²) in [5.41, 5.74) is 0. The van der Waals surface area contributed by atoms with Gasteiger partial charge in [-0.05, 0) is 27.7 Å². The molecular weight excluding hydrogens is 172 g/mol. The molecule has 0 unspecified atom stereocenters. The molecule has 0 saturated carbocycles. The van der Waals surface area contributed by atoms with Gasteiger partial charge in [-0.25, -0.2) is 9.13 Å². The summed E-state index contributed by atoms with van der Waals surface area (Å²) in [5, 5.41) is 0. The quantitative estimate of drug-likeness (QED) is 0.524. The summed E-state index contributed by atoms with van der Waals surface area (Å²) in [4.78, 5) is 0. The van der Waals surface area contributed by atoms with Crippen molar-refractivity contribution < 1.29 is 17.0 Å². The smallest absolute Gasteiger partial charge is 0.244 e. The molecule has 70 valence electrons. The highest BCUT2D eigenvalue weighted by molar-refractivity contribution is 4.70. The Labute approximate surface area is 80.6 Å². The molecule has 0 spiro atoms. The third kappa shape index (κ3) is 2.52. The van der Waals surface area contributed by atoms with Crippen molar-refractivity contribution in [1.82, 2.24) is 4.57 Å². The normalized spacial score (nSPS) is 10.5. The molecule has 0 N–H and O–H groups in total. The van der Waals surface area contributed by atoms with Crippen LogP contribution in [-0.2, 0) is 0 Å². The van der Waals surface area contributed by atoms with Crippen molar-refractivity contribution in [3.8, 4) is 0 Å². The van der Waals surface area contributed by atoms with E-state index in [0.717, 1.165) is 0 Å². The third-order valence-corrected chi connectivity index (χ3v) is 1.87. The largest absolute Gasteiger partial charge is 1.00 e. The summed E-state index contributed by atoms with van der Waals surface area (Å²) in [6.07, 6.45) is 6.38. The van der Waals surface area contributed by atoms with Gasteiger partial charge in [0, 0.05) is 0 Å². The Morgan fingerprint density at radius 3 is 2.00 bits per heavy atom. The monoisotopic (exact) mass is 188 g/mol. The van der Waals surface area contributed by atoms with Crippen LogP contribution in [0.1, 0.15) is 39.8 Å². The highest BCUT2D eigenvalue weighted by Gasteiger charge is 2.08. The van der Waals surface area contributed by atoms with Crippen molar-refractivity contribution in [3.63, 3.8) is 0 Å². The van der Waals surface area contributed by atoms with Crippen molar-refractivity contribution >= 4 is 0 Å². The first kappa shape index (κ1) is 11.5. The predicted octanol–water partition coefficient (Wildman–Crippen LogP) is -1.06. The number of halogens is 1. The van der Waals surface area contributed by atoms with E-state index in [4.69, 9.17) is 0 Å². The molecule has 1 rings (SSSR count). The van der Waals surface area contributed by atoms with Gasteiger partial charge < -0.3 is 12.4 Å². The van der Waals surface area contributed by atoms with Crippen LogP contribution in [0.4, 0.5) is 0 Å². The fourth-order valence-electron chi connectivity index (χ4n) is 0.996. The SMILES string of the molecule is CC(C)n1cc[n+](C(C)C)c1.[Cl-]. The van der Waals surface area contributed by atoms with E-state index in [0.29, 0.717) is 12.1 Å². The zero-order valence-corrected chi connectivity index (χ0v) is 8.92. The topological polar surface area (TPSA) is 8.81 Å². The van der Waals surface area contributed by atoms with E-state index in [1.807, 2.05) is 0 Å². The number of hydrogen-bond donors (Lipinski definition) is 0. The molecule has 0 radical (unpaired) electrons. The van der Waals surface area contributed by atoms with Gasteiger partial charge in [-0.1, -0.05) is 0 Å². The Morgan fingerprint density at radius 1 is 1.17 bits per heavy atom. The van der Waals surface area contributed by atoms with Gasteiger partial charge in [-0.2, -0.15) is 0 Å². The molecule has 1 heterocycles. The van der Waals surface area contributed by atoms with Crippen LogP contribution in [0.3, 0.4) is 0 Å². The molecular formula is C9H17ClN2. The molecule has 0 aliphatic carbocycles.